The third kappa shape index (κ3) is 7.05. The summed E-state index contributed by atoms with van der Waals surface area (Å²) in [5.74, 6) is -0.197. The number of hydrogen-bond donors (Lipinski definition) is 1. The Morgan fingerprint density at radius 2 is 1.73 bits per heavy atom. The summed E-state index contributed by atoms with van der Waals surface area (Å²) >= 11 is 0. The molecule has 0 heterocycles. The van der Waals surface area contributed by atoms with Gasteiger partial charge in [-0.05, 0) is 72.5 Å². The fraction of sp³-hybridized carbons (Fsp3) is 0.240. The molecule has 174 valence electrons. The molecule has 0 fully saturated rings. The van der Waals surface area contributed by atoms with Gasteiger partial charge in [0.2, 0.25) is 0 Å². The maximum Gasteiger partial charge on any atom is 0.339 e. The highest BCUT2D eigenvalue weighted by Crippen LogP contribution is 2.22. The first-order chi connectivity index (χ1) is 15.6. The van der Waals surface area contributed by atoms with Crippen molar-refractivity contribution in [1.82, 2.24) is 4.90 Å². The average molecular weight is 471 g/mol. The Bertz CT molecular complexity index is 1210. The molecule has 0 spiro atoms. The topological polar surface area (TPSA) is 75.7 Å². The lowest BCUT2D eigenvalue weighted by atomic mass is 10.1. The smallest absolute Gasteiger partial charge is 0.339 e. The summed E-state index contributed by atoms with van der Waals surface area (Å²) in [5, 5.41) is 2.92. The van der Waals surface area contributed by atoms with Gasteiger partial charge >= 0.3 is 16.1 Å². The first kappa shape index (κ1) is 24.3. The molecule has 0 atom stereocenters. The number of anilines is 1. The van der Waals surface area contributed by atoms with E-state index in [0.717, 1.165) is 29.8 Å². The molecule has 0 unspecified atom stereocenters. The van der Waals surface area contributed by atoms with E-state index in [1.165, 1.54) is 6.07 Å². The van der Waals surface area contributed by atoms with Crippen molar-refractivity contribution in [3.8, 4) is 5.75 Å². The van der Waals surface area contributed by atoms with Crippen LogP contribution >= 0.6 is 0 Å². The Labute approximate surface area is 194 Å². The van der Waals surface area contributed by atoms with Crippen molar-refractivity contribution in [2.75, 3.05) is 11.9 Å². The standard InChI is InChI=1S/C25H27FN2O4S/c1-18(2)16-28(25(29)27-22-8-4-6-19(3)14-22)17-20-7-5-9-23(15-20)32-33(30,31)24-12-10-21(26)11-13-24/h4-15,18H,16-17H2,1-3H3,(H,27,29). The van der Waals surface area contributed by atoms with Crippen LogP contribution in [0.5, 0.6) is 5.75 Å². The molecule has 8 heteroatoms. The number of hydrogen-bond acceptors (Lipinski definition) is 4. The maximum absolute atomic E-state index is 13.1. The van der Waals surface area contributed by atoms with Crippen LogP contribution in [0.4, 0.5) is 14.9 Å². The van der Waals surface area contributed by atoms with E-state index in [4.69, 9.17) is 4.18 Å². The number of benzene rings is 3. The molecule has 2 amide bonds. The molecule has 0 radical (unpaired) electrons. The Kier molecular flexibility index (Phi) is 7.71. The van der Waals surface area contributed by atoms with E-state index in [1.807, 2.05) is 45.0 Å². The zero-order chi connectivity index (χ0) is 24.0. The van der Waals surface area contributed by atoms with Crippen LogP contribution in [0.2, 0.25) is 0 Å². The summed E-state index contributed by atoms with van der Waals surface area (Å²) in [4.78, 5) is 14.5. The lowest BCUT2D eigenvalue weighted by Gasteiger charge is -2.25. The van der Waals surface area contributed by atoms with E-state index in [9.17, 15) is 17.6 Å². The predicted octanol–water partition coefficient (Wildman–Crippen LogP) is 5.59. The van der Waals surface area contributed by atoms with Crippen LogP contribution in [0.3, 0.4) is 0 Å². The summed E-state index contributed by atoms with van der Waals surface area (Å²) in [6.45, 7) is 6.76. The summed E-state index contributed by atoms with van der Waals surface area (Å²) in [5.41, 5.74) is 2.45. The largest absolute Gasteiger partial charge is 0.379 e. The van der Waals surface area contributed by atoms with Gasteiger partial charge in [0, 0.05) is 18.8 Å². The van der Waals surface area contributed by atoms with Gasteiger partial charge in [-0.15, -0.1) is 0 Å². The summed E-state index contributed by atoms with van der Waals surface area (Å²) < 4.78 is 43.4. The van der Waals surface area contributed by atoms with Gasteiger partial charge in [0.15, 0.2) is 0 Å². The second-order valence-corrected chi connectivity index (χ2v) is 9.76. The molecule has 33 heavy (non-hydrogen) atoms. The molecule has 1 N–H and O–H groups in total. The zero-order valence-corrected chi connectivity index (χ0v) is 19.6. The number of urea groups is 1. The third-order valence-corrected chi connectivity index (χ3v) is 5.98. The molecule has 3 rings (SSSR count). The Morgan fingerprint density at radius 1 is 1.03 bits per heavy atom. The molecule has 0 saturated heterocycles. The molecule has 0 bridgehead atoms. The molecule has 0 aliphatic carbocycles. The molecule has 6 nitrogen and oxygen atoms in total. The van der Waals surface area contributed by atoms with Gasteiger partial charge in [-0.2, -0.15) is 8.42 Å². The van der Waals surface area contributed by atoms with E-state index < -0.39 is 15.9 Å². The normalized spacial score (nSPS) is 11.3. The Morgan fingerprint density at radius 3 is 2.39 bits per heavy atom. The summed E-state index contributed by atoms with van der Waals surface area (Å²) in [6, 6.07) is 18.3. The molecule has 3 aromatic carbocycles. The van der Waals surface area contributed by atoms with Gasteiger partial charge in [0.05, 0.1) is 0 Å². The minimum atomic E-state index is -4.11. The van der Waals surface area contributed by atoms with Gasteiger partial charge in [-0.1, -0.05) is 38.1 Å². The fourth-order valence-corrected chi connectivity index (χ4v) is 4.20. The molecule has 0 saturated carbocycles. The van der Waals surface area contributed by atoms with Crippen molar-refractivity contribution in [2.24, 2.45) is 5.92 Å². The number of nitrogens with one attached hydrogen (secondary N) is 1. The van der Waals surface area contributed by atoms with E-state index in [0.29, 0.717) is 17.8 Å². The monoisotopic (exact) mass is 470 g/mol. The Balaban J connectivity index is 1.76. The van der Waals surface area contributed by atoms with Gasteiger partial charge < -0.3 is 14.4 Å². The van der Waals surface area contributed by atoms with Crippen LogP contribution in [0.1, 0.15) is 25.0 Å². The lowest BCUT2D eigenvalue weighted by molar-refractivity contribution is 0.201. The zero-order valence-electron chi connectivity index (χ0n) is 18.8. The van der Waals surface area contributed by atoms with Crippen molar-refractivity contribution in [3.05, 3.63) is 89.7 Å². The van der Waals surface area contributed by atoms with Crippen LogP contribution in [-0.2, 0) is 16.7 Å². The first-order valence-electron chi connectivity index (χ1n) is 10.5. The number of nitrogens with zero attached hydrogens (tertiary/aromatic N) is 1. The average Bonchev–Trinajstić information content (AvgIpc) is 2.73. The fourth-order valence-electron chi connectivity index (χ4n) is 3.28. The number of halogens is 1. The minimum Gasteiger partial charge on any atom is -0.379 e. The quantitative estimate of drug-likeness (QED) is 0.435. The number of amides is 2. The predicted molar refractivity (Wildman–Crippen MR) is 126 cm³/mol. The number of aryl methyl sites for hydroxylation is 1. The van der Waals surface area contributed by atoms with Crippen LogP contribution in [0.25, 0.3) is 0 Å². The van der Waals surface area contributed by atoms with Crippen molar-refractivity contribution in [3.63, 3.8) is 0 Å². The van der Waals surface area contributed by atoms with Crippen LogP contribution in [-0.4, -0.2) is 25.9 Å². The molecule has 0 aliphatic heterocycles. The highest BCUT2D eigenvalue weighted by molar-refractivity contribution is 7.87. The highest BCUT2D eigenvalue weighted by atomic mass is 32.2. The van der Waals surface area contributed by atoms with E-state index in [-0.39, 0.29) is 29.1 Å². The van der Waals surface area contributed by atoms with Gasteiger partial charge in [-0.3, -0.25) is 0 Å². The molecule has 3 aromatic rings. The third-order valence-electron chi connectivity index (χ3n) is 4.72. The summed E-state index contributed by atoms with van der Waals surface area (Å²) in [6.07, 6.45) is 0. The van der Waals surface area contributed by atoms with Crippen molar-refractivity contribution >= 4 is 21.8 Å². The van der Waals surface area contributed by atoms with E-state index >= 15 is 0 Å². The maximum atomic E-state index is 13.1. The number of rotatable bonds is 8. The molecular weight excluding hydrogens is 443 g/mol. The van der Waals surface area contributed by atoms with Gasteiger partial charge in [0.1, 0.15) is 16.5 Å². The number of carbonyl (C=O) groups excluding carboxylic acids is 1. The first-order valence-corrected chi connectivity index (χ1v) is 11.9. The number of carbonyl (C=O) groups is 1. The second-order valence-electron chi connectivity index (χ2n) is 8.21. The van der Waals surface area contributed by atoms with Crippen LogP contribution < -0.4 is 9.50 Å². The lowest BCUT2D eigenvalue weighted by Crippen LogP contribution is -2.37. The molecule has 0 aliphatic rings. The highest BCUT2D eigenvalue weighted by Gasteiger charge is 2.19. The second kappa shape index (κ2) is 10.5. The van der Waals surface area contributed by atoms with Gasteiger partial charge in [0.25, 0.3) is 0 Å². The summed E-state index contributed by atoms with van der Waals surface area (Å²) in [7, 11) is -4.11. The van der Waals surface area contributed by atoms with Crippen molar-refractivity contribution < 1.29 is 21.8 Å². The Hall–Kier alpha value is -3.39. The minimum absolute atomic E-state index is 0.111. The molecular formula is C25H27FN2O4S. The van der Waals surface area contributed by atoms with E-state index in [1.54, 1.807) is 23.1 Å². The van der Waals surface area contributed by atoms with Gasteiger partial charge in [-0.25, -0.2) is 9.18 Å². The van der Waals surface area contributed by atoms with Crippen molar-refractivity contribution in [1.29, 1.82) is 0 Å². The van der Waals surface area contributed by atoms with Crippen LogP contribution in [0, 0.1) is 18.7 Å². The molecule has 0 aromatic heterocycles. The SMILES string of the molecule is Cc1cccc(NC(=O)N(Cc2cccc(OS(=O)(=O)c3ccc(F)cc3)c2)CC(C)C)c1. The van der Waals surface area contributed by atoms with Crippen LogP contribution in [0.15, 0.2) is 77.7 Å². The van der Waals surface area contributed by atoms with E-state index in [2.05, 4.69) is 5.32 Å². The van der Waals surface area contributed by atoms with Crippen molar-refractivity contribution in [2.45, 2.75) is 32.2 Å².